The molecule has 0 spiro atoms. The fourth-order valence-electron chi connectivity index (χ4n) is 3.45. The van der Waals surface area contributed by atoms with Crippen molar-refractivity contribution in [3.8, 4) is 0 Å². The lowest BCUT2D eigenvalue weighted by molar-refractivity contribution is -0.152. The van der Waals surface area contributed by atoms with Crippen molar-refractivity contribution in [2.75, 3.05) is 41.3 Å². The molecule has 0 N–H and O–H groups in total. The Morgan fingerprint density at radius 2 is 1.19 bits per heavy atom. The highest BCUT2D eigenvalue weighted by atomic mass is 28.1. The van der Waals surface area contributed by atoms with Gasteiger partial charge in [0.25, 0.3) is 0 Å². The quantitative estimate of drug-likeness (QED) is 0.503. The maximum absolute atomic E-state index is 2.56. The van der Waals surface area contributed by atoms with E-state index in [-0.39, 0.29) is 5.79 Å². The lowest BCUT2D eigenvalue weighted by atomic mass is 9.98. The molecule has 0 aliphatic carbocycles. The highest BCUT2D eigenvalue weighted by Gasteiger charge is 2.49. The van der Waals surface area contributed by atoms with E-state index < -0.39 is 0 Å². The van der Waals surface area contributed by atoms with Crippen molar-refractivity contribution >= 4 is 10.2 Å². The summed E-state index contributed by atoms with van der Waals surface area (Å²) in [5.74, 6) is 0.0166. The van der Waals surface area contributed by atoms with Crippen LogP contribution in [0.2, 0.25) is 5.04 Å². The fourth-order valence-corrected chi connectivity index (χ4v) is 4.66. The minimum atomic E-state index is 0.0166. The summed E-state index contributed by atoms with van der Waals surface area (Å²) < 4.78 is 0. The van der Waals surface area contributed by atoms with E-state index in [1.165, 1.54) is 0 Å². The summed E-state index contributed by atoms with van der Waals surface area (Å²) >= 11 is 0. The molecule has 0 aromatic heterocycles. The minimum absolute atomic E-state index is 0.0166. The molecule has 0 unspecified atom stereocenters. The normalized spacial score (nSPS) is 14.4. The zero-order chi connectivity index (χ0) is 13.1. The van der Waals surface area contributed by atoms with Gasteiger partial charge in [0.15, 0.2) is 0 Å². The maximum Gasteiger partial charge on any atom is 0.131 e. The van der Waals surface area contributed by atoms with Crippen LogP contribution in [0.25, 0.3) is 0 Å². The smallest absolute Gasteiger partial charge is 0.131 e. The third-order valence-corrected chi connectivity index (χ3v) is 4.13. The van der Waals surface area contributed by atoms with Gasteiger partial charge in [-0.1, -0.05) is 27.7 Å². The summed E-state index contributed by atoms with van der Waals surface area (Å²) in [7, 11) is 9.93. The summed E-state index contributed by atoms with van der Waals surface area (Å²) in [6, 6.07) is 0. The second-order valence-corrected chi connectivity index (χ2v) is 8.35. The Kier molecular flexibility index (Phi) is 5.66. The summed E-state index contributed by atoms with van der Waals surface area (Å²) in [5.41, 5.74) is 0. The van der Waals surface area contributed by atoms with E-state index in [0.717, 1.165) is 23.3 Å². The third-order valence-electron chi connectivity index (χ3n) is 3.46. The zero-order valence-electron chi connectivity index (χ0n) is 12.8. The lowest BCUT2D eigenvalue weighted by Gasteiger charge is -2.59. The molecule has 0 aliphatic heterocycles. The number of rotatable bonds is 6. The van der Waals surface area contributed by atoms with Crippen LogP contribution in [0.5, 0.6) is 0 Å². The Hall–Kier alpha value is 0.0969. The molecule has 3 nitrogen and oxygen atoms in total. The van der Waals surface area contributed by atoms with Crippen LogP contribution in [0.15, 0.2) is 0 Å². The molecule has 0 saturated carbocycles. The van der Waals surface area contributed by atoms with Gasteiger partial charge in [-0.3, -0.25) is 14.7 Å². The molecular formula is C12H31N3Si. The molecule has 0 aliphatic rings. The molecule has 0 bridgehead atoms. The van der Waals surface area contributed by atoms with Crippen molar-refractivity contribution in [3.05, 3.63) is 0 Å². The molecule has 0 amide bonds. The van der Waals surface area contributed by atoms with Gasteiger partial charge in [0.05, 0.1) is 0 Å². The summed E-state index contributed by atoms with van der Waals surface area (Å²) in [4.78, 5) is 7.29. The van der Waals surface area contributed by atoms with Crippen LogP contribution < -0.4 is 0 Å². The van der Waals surface area contributed by atoms with Crippen LogP contribution in [0.1, 0.15) is 27.7 Å². The zero-order valence-corrected chi connectivity index (χ0v) is 14.8. The molecule has 0 radical (unpaired) electrons. The van der Waals surface area contributed by atoms with E-state index in [9.17, 15) is 0 Å². The Morgan fingerprint density at radius 3 is 1.25 bits per heavy atom. The van der Waals surface area contributed by atoms with Gasteiger partial charge in [-0.15, -0.1) is 0 Å². The van der Waals surface area contributed by atoms with E-state index in [4.69, 9.17) is 0 Å². The van der Waals surface area contributed by atoms with Crippen molar-refractivity contribution in [3.63, 3.8) is 0 Å². The van der Waals surface area contributed by atoms with Crippen LogP contribution in [0.3, 0.4) is 0 Å². The predicted octanol–water partition coefficient (Wildman–Crippen LogP) is 0.669. The highest BCUT2D eigenvalue weighted by Crippen LogP contribution is 2.42. The first-order chi connectivity index (χ1) is 7.16. The van der Waals surface area contributed by atoms with Gasteiger partial charge in [0.2, 0.25) is 0 Å². The van der Waals surface area contributed by atoms with Crippen molar-refractivity contribution in [2.45, 2.75) is 38.5 Å². The van der Waals surface area contributed by atoms with Gasteiger partial charge in [0.1, 0.15) is 5.79 Å². The van der Waals surface area contributed by atoms with Crippen LogP contribution in [0, 0.1) is 0 Å². The first kappa shape index (κ1) is 16.1. The molecule has 98 valence electrons. The average Bonchev–Trinajstić information content (AvgIpc) is 2.09. The van der Waals surface area contributed by atoms with Gasteiger partial charge in [-0.25, -0.2) is 0 Å². The standard InChI is InChI=1S/C12H31N3Si/c1-9-15(10-2)12(13(5)6,14(7)8)11(3,4)16/h9-10H2,1-8,16H3. The van der Waals surface area contributed by atoms with Gasteiger partial charge in [-0.05, 0) is 46.3 Å². The Morgan fingerprint density at radius 1 is 0.875 bits per heavy atom. The largest absolute Gasteiger partial charge is 0.279 e. The molecule has 0 heterocycles. The Labute approximate surface area is 105 Å². The topological polar surface area (TPSA) is 9.72 Å². The second kappa shape index (κ2) is 5.62. The monoisotopic (exact) mass is 245 g/mol. The van der Waals surface area contributed by atoms with Crippen molar-refractivity contribution in [2.24, 2.45) is 0 Å². The van der Waals surface area contributed by atoms with Gasteiger partial charge >= 0.3 is 0 Å². The van der Waals surface area contributed by atoms with Crippen molar-refractivity contribution in [1.82, 2.24) is 14.7 Å². The molecular weight excluding hydrogens is 214 g/mol. The van der Waals surface area contributed by atoms with E-state index in [2.05, 4.69) is 70.6 Å². The third kappa shape index (κ3) is 2.50. The maximum atomic E-state index is 2.56. The number of hydrogen-bond donors (Lipinski definition) is 0. The predicted molar refractivity (Wildman–Crippen MR) is 77.0 cm³/mol. The first-order valence-electron chi connectivity index (χ1n) is 6.26. The van der Waals surface area contributed by atoms with E-state index in [0.29, 0.717) is 5.04 Å². The van der Waals surface area contributed by atoms with Crippen LogP contribution in [0.4, 0.5) is 0 Å². The average molecular weight is 245 g/mol. The minimum Gasteiger partial charge on any atom is -0.279 e. The molecule has 0 saturated heterocycles. The van der Waals surface area contributed by atoms with Gasteiger partial charge in [0, 0.05) is 10.2 Å². The molecule has 0 rings (SSSR count). The van der Waals surface area contributed by atoms with Crippen LogP contribution in [-0.2, 0) is 0 Å². The van der Waals surface area contributed by atoms with E-state index in [1.54, 1.807) is 0 Å². The summed E-state index contributed by atoms with van der Waals surface area (Å²) in [5, 5.41) is 0.298. The van der Waals surface area contributed by atoms with Crippen molar-refractivity contribution < 1.29 is 0 Å². The molecule has 0 atom stereocenters. The molecule has 0 aromatic carbocycles. The lowest BCUT2D eigenvalue weighted by Crippen LogP contribution is -2.71. The van der Waals surface area contributed by atoms with E-state index >= 15 is 0 Å². The second-order valence-electron chi connectivity index (χ2n) is 5.85. The number of nitrogens with zero attached hydrogens (tertiary/aromatic N) is 3. The summed E-state index contributed by atoms with van der Waals surface area (Å²) in [6.45, 7) is 11.4. The Bertz CT molecular complexity index is 197. The van der Waals surface area contributed by atoms with E-state index in [1.807, 2.05) is 0 Å². The summed E-state index contributed by atoms with van der Waals surface area (Å²) in [6.07, 6.45) is 0. The fraction of sp³-hybridized carbons (Fsp3) is 1.00. The highest BCUT2D eigenvalue weighted by molar-refractivity contribution is 6.15. The van der Waals surface area contributed by atoms with Crippen molar-refractivity contribution in [1.29, 1.82) is 0 Å². The first-order valence-corrected chi connectivity index (χ1v) is 7.26. The van der Waals surface area contributed by atoms with Gasteiger partial charge in [-0.2, -0.15) is 0 Å². The van der Waals surface area contributed by atoms with Gasteiger partial charge < -0.3 is 0 Å². The number of hydrogen-bond acceptors (Lipinski definition) is 3. The Balaban J connectivity index is 5.62. The molecule has 0 aromatic rings. The molecule has 0 fully saturated rings. The molecule has 16 heavy (non-hydrogen) atoms. The van der Waals surface area contributed by atoms with Crippen LogP contribution >= 0.6 is 0 Å². The van der Waals surface area contributed by atoms with Crippen LogP contribution in [-0.4, -0.2) is 72.0 Å². The molecule has 4 heteroatoms. The SMILES string of the molecule is CCN(CC)C(N(C)C)(N(C)C)C(C)(C)[SiH3].